The Bertz CT molecular complexity index is 475. The van der Waals surface area contributed by atoms with Crippen molar-refractivity contribution in [1.82, 2.24) is 0 Å². The van der Waals surface area contributed by atoms with E-state index in [1.807, 2.05) is 0 Å². The highest BCUT2D eigenvalue weighted by atomic mass is 32.2. The number of alkyl halides is 3. The van der Waals surface area contributed by atoms with Gasteiger partial charge in [-0.3, -0.25) is 0 Å². The molecule has 0 heterocycles. The van der Waals surface area contributed by atoms with Gasteiger partial charge in [-0.05, 0) is 31.0 Å². The zero-order chi connectivity index (χ0) is 11.9. The smallest absolute Gasteiger partial charge is 0.214 e. The maximum absolute atomic E-state index is 12.2. The van der Waals surface area contributed by atoms with Gasteiger partial charge >= 0.3 is 5.51 Å². The van der Waals surface area contributed by atoms with Crippen molar-refractivity contribution in [2.24, 2.45) is 0 Å². The third-order valence-corrected chi connectivity index (χ3v) is 3.57. The predicted molar refractivity (Wildman–Crippen MR) is 49.2 cm³/mol. The summed E-state index contributed by atoms with van der Waals surface area (Å²) in [7, 11) is -5.23. The molecule has 0 amide bonds. The van der Waals surface area contributed by atoms with Gasteiger partial charge in [-0.15, -0.1) is 0 Å². The molecule has 0 aliphatic rings. The monoisotopic (exact) mass is 238 g/mol. The van der Waals surface area contributed by atoms with Crippen LogP contribution in [0.1, 0.15) is 11.1 Å². The topological polar surface area (TPSA) is 34.1 Å². The number of hydrogen-bond donors (Lipinski definition) is 0. The maximum atomic E-state index is 12.2. The standard InChI is InChI=1S/C9H9F3O2S/c1-6-3-4-7(2)8(5-6)15(13,14)9(10,11)12/h3-5H,1-2H3. The van der Waals surface area contributed by atoms with E-state index in [0.717, 1.165) is 6.07 Å². The molecule has 1 aromatic carbocycles. The lowest BCUT2D eigenvalue weighted by atomic mass is 10.2. The molecule has 1 aromatic rings. The van der Waals surface area contributed by atoms with E-state index < -0.39 is 20.2 Å². The summed E-state index contributed by atoms with van der Waals surface area (Å²) in [4.78, 5) is -0.671. The highest BCUT2D eigenvalue weighted by Gasteiger charge is 2.47. The molecule has 0 saturated carbocycles. The van der Waals surface area contributed by atoms with Crippen LogP contribution in [0.15, 0.2) is 23.1 Å². The highest BCUT2D eigenvalue weighted by molar-refractivity contribution is 7.92. The summed E-state index contributed by atoms with van der Waals surface area (Å²) in [6.07, 6.45) is 0. The van der Waals surface area contributed by atoms with Gasteiger partial charge in [0.2, 0.25) is 0 Å². The second-order valence-electron chi connectivity index (χ2n) is 3.22. The van der Waals surface area contributed by atoms with Gasteiger partial charge in [-0.25, -0.2) is 8.42 Å². The van der Waals surface area contributed by atoms with Crippen molar-refractivity contribution in [3.05, 3.63) is 29.3 Å². The van der Waals surface area contributed by atoms with E-state index in [-0.39, 0.29) is 5.56 Å². The maximum Gasteiger partial charge on any atom is 0.501 e. The fourth-order valence-corrected chi connectivity index (χ4v) is 2.20. The molecule has 0 spiro atoms. The van der Waals surface area contributed by atoms with Crippen molar-refractivity contribution in [3.8, 4) is 0 Å². The van der Waals surface area contributed by atoms with Crippen LogP contribution in [0.3, 0.4) is 0 Å². The van der Waals surface area contributed by atoms with Crippen molar-refractivity contribution >= 4 is 9.84 Å². The third-order valence-electron chi connectivity index (χ3n) is 1.94. The van der Waals surface area contributed by atoms with Crippen LogP contribution in [-0.2, 0) is 9.84 Å². The van der Waals surface area contributed by atoms with Crippen LogP contribution in [0.5, 0.6) is 0 Å². The van der Waals surface area contributed by atoms with E-state index in [0.29, 0.717) is 5.56 Å². The first kappa shape index (κ1) is 12.0. The van der Waals surface area contributed by atoms with Gasteiger partial charge in [-0.2, -0.15) is 13.2 Å². The number of aryl methyl sites for hydroxylation is 2. The molecular weight excluding hydrogens is 229 g/mol. The lowest BCUT2D eigenvalue weighted by molar-refractivity contribution is -0.0436. The SMILES string of the molecule is Cc1ccc(C)c(S(=O)(=O)C(F)(F)F)c1. The molecule has 0 aliphatic carbocycles. The van der Waals surface area contributed by atoms with Gasteiger partial charge < -0.3 is 0 Å². The van der Waals surface area contributed by atoms with Crippen LogP contribution in [-0.4, -0.2) is 13.9 Å². The largest absolute Gasteiger partial charge is 0.501 e. The van der Waals surface area contributed by atoms with Crippen molar-refractivity contribution in [2.75, 3.05) is 0 Å². The molecule has 0 unspecified atom stereocenters. The Morgan fingerprint density at radius 3 is 2.13 bits per heavy atom. The predicted octanol–water partition coefficient (Wildman–Crippen LogP) is 2.60. The second-order valence-corrected chi connectivity index (χ2v) is 5.13. The highest BCUT2D eigenvalue weighted by Crippen LogP contribution is 2.32. The Labute approximate surface area is 85.6 Å². The lowest BCUT2D eigenvalue weighted by Gasteiger charge is -2.10. The summed E-state index contributed by atoms with van der Waals surface area (Å²) in [5, 5.41) is 0. The molecule has 0 saturated heterocycles. The minimum atomic E-state index is -5.24. The van der Waals surface area contributed by atoms with Crippen LogP contribution >= 0.6 is 0 Å². The van der Waals surface area contributed by atoms with E-state index in [2.05, 4.69) is 0 Å². The van der Waals surface area contributed by atoms with Crippen LogP contribution in [0.4, 0.5) is 13.2 Å². The minimum Gasteiger partial charge on any atom is -0.214 e. The lowest BCUT2D eigenvalue weighted by Crippen LogP contribution is -2.24. The minimum absolute atomic E-state index is 0.0953. The number of benzene rings is 1. The van der Waals surface area contributed by atoms with Crippen molar-refractivity contribution in [2.45, 2.75) is 24.3 Å². The summed E-state index contributed by atoms with van der Waals surface area (Å²) >= 11 is 0. The Morgan fingerprint density at radius 2 is 1.67 bits per heavy atom. The van der Waals surface area contributed by atoms with Gasteiger partial charge in [-0.1, -0.05) is 12.1 Å². The average Bonchev–Trinajstić information content (AvgIpc) is 2.07. The quantitative estimate of drug-likeness (QED) is 0.753. The Hall–Kier alpha value is -1.04. The first-order valence-corrected chi connectivity index (χ1v) is 5.53. The molecule has 1 rings (SSSR count). The van der Waals surface area contributed by atoms with Crippen LogP contribution < -0.4 is 0 Å². The van der Waals surface area contributed by atoms with E-state index in [1.165, 1.54) is 19.9 Å². The van der Waals surface area contributed by atoms with Crippen LogP contribution in [0, 0.1) is 13.8 Å². The fourth-order valence-electron chi connectivity index (χ4n) is 1.12. The summed E-state index contributed by atoms with van der Waals surface area (Å²) < 4.78 is 58.9. The van der Waals surface area contributed by atoms with Gasteiger partial charge in [0.15, 0.2) is 0 Å². The van der Waals surface area contributed by atoms with Crippen LogP contribution in [0.25, 0.3) is 0 Å². The molecule has 0 aliphatic heterocycles. The third kappa shape index (κ3) is 2.14. The first-order chi connectivity index (χ1) is 6.66. The molecule has 0 aromatic heterocycles. The van der Waals surface area contributed by atoms with Gasteiger partial charge in [0.25, 0.3) is 9.84 Å². The van der Waals surface area contributed by atoms with Crippen molar-refractivity contribution in [3.63, 3.8) is 0 Å². The molecule has 0 fully saturated rings. The fraction of sp³-hybridized carbons (Fsp3) is 0.333. The van der Waals surface area contributed by atoms with E-state index in [1.54, 1.807) is 6.07 Å². The number of rotatable bonds is 1. The molecule has 0 bridgehead atoms. The van der Waals surface area contributed by atoms with E-state index >= 15 is 0 Å². The van der Waals surface area contributed by atoms with Crippen molar-refractivity contribution < 1.29 is 21.6 Å². The van der Waals surface area contributed by atoms with E-state index in [9.17, 15) is 21.6 Å². The number of halogens is 3. The molecular formula is C9H9F3O2S. The van der Waals surface area contributed by atoms with Gasteiger partial charge in [0, 0.05) is 0 Å². The molecule has 0 atom stereocenters. The second kappa shape index (κ2) is 3.52. The summed E-state index contributed by atoms with van der Waals surface area (Å²) in [6.45, 7) is 2.87. The Kier molecular flexibility index (Phi) is 2.82. The Balaban J connectivity index is 3.47. The van der Waals surface area contributed by atoms with E-state index in [4.69, 9.17) is 0 Å². The Morgan fingerprint density at radius 1 is 1.13 bits per heavy atom. The average molecular weight is 238 g/mol. The van der Waals surface area contributed by atoms with Gasteiger partial charge in [0.1, 0.15) is 0 Å². The molecule has 15 heavy (non-hydrogen) atoms. The summed E-state index contributed by atoms with van der Waals surface area (Å²) in [5.74, 6) is 0. The van der Waals surface area contributed by atoms with Crippen molar-refractivity contribution in [1.29, 1.82) is 0 Å². The molecule has 2 nitrogen and oxygen atoms in total. The molecule has 84 valence electrons. The summed E-state index contributed by atoms with van der Waals surface area (Å²) in [5.41, 5.74) is -4.67. The molecule has 0 radical (unpaired) electrons. The summed E-state index contributed by atoms with van der Waals surface area (Å²) in [6, 6.07) is 3.94. The first-order valence-electron chi connectivity index (χ1n) is 4.05. The van der Waals surface area contributed by atoms with Gasteiger partial charge in [0.05, 0.1) is 4.90 Å². The normalized spacial score (nSPS) is 12.9. The zero-order valence-electron chi connectivity index (χ0n) is 8.09. The molecule has 6 heteroatoms. The number of sulfone groups is 1. The molecule has 0 N–H and O–H groups in total. The number of hydrogen-bond acceptors (Lipinski definition) is 2. The van der Waals surface area contributed by atoms with Crippen LogP contribution in [0.2, 0.25) is 0 Å². The zero-order valence-corrected chi connectivity index (χ0v) is 8.91.